The fraction of sp³-hybridized carbons (Fsp3) is 0.793. The Labute approximate surface area is 216 Å². The number of sulfonamides is 1. The van der Waals surface area contributed by atoms with Crippen molar-refractivity contribution in [1.82, 2.24) is 4.31 Å². The lowest BCUT2D eigenvalue weighted by atomic mass is 10.0. The minimum atomic E-state index is -3.36. The number of nitrogens with zero attached hydrogens (tertiary/aromatic N) is 1. The van der Waals surface area contributed by atoms with Crippen LogP contribution in [0.5, 0.6) is 0 Å². The summed E-state index contributed by atoms with van der Waals surface area (Å²) in [5, 5.41) is 0. The minimum absolute atomic E-state index is 0.0725. The number of rotatable bonds is 21. The second-order valence-electron chi connectivity index (χ2n) is 10.0. The van der Waals surface area contributed by atoms with E-state index < -0.39 is 16.3 Å². The highest BCUT2D eigenvalue weighted by molar-refractivity contribution is 7.89. The molecule has 0 N–H and O–H groups in total. The molecule has 1 aromatic rings. The molecule has 1 aromatic carbocycles. The molecule has 1 fully saturated rings. The van der Waals surface area contributed by atoms with Gasteiger partial charge in [-0.2, -0.15) is 4.31 Å². The lowest BCUT2D eigenvalue weighted by Crippen LogP contribution is -2.36. The standard InChI is InChI=1S/C29H51NO4S/c1-2-3-4-5-6-7-8-9-10-11-12-13-14-18-23-30(27-28-20-16-15-17-21-28)35(31,32)26-22-29-33-24-19-25-34-29/h15-17,20-21,29H,2-14,18-19,22-27H2,1H3. The molecule has 0 saturated carbocycles. The maximum absolute atomic E-state index is 13.2. The van der Waals surface area contributed by atoms with Gasteiger partial charge in [0.15, 0.2) is 6.29 Å². The van der Waals surface area contributed by atoms with Gasteiger partial charge < -0.3 is 9.47 Å². The van der Waals surface area contributed by atoms with Crippen LogP contribution < -0.4 is 0 Å². The molecule has 0 atom stereocenters. The summed E-state index contributed by atoms with van der Waals surface area (Å²) in [6, 6.07) is 9.91. The Balaban J connectivity index is 1.62. The van der Waals surface area contributed by atoms with Crippen molar-refractivity contribution in [2.45, 2.75) is 122 Å². The van der Waals surface area contributed by atoms with Crippen molar-refractivity contribution in [3.05, 3.63) is 35.9 Å². The average Bonchev–Trinajstić information content (AvgIpc) is 2.88. The maximum Gasteiger partial charge on any atom is 0.214 e. The third kappa shape index (κ3) is 14.4. The Hall–Kier alpha value is -0.950. The van der Waals surface area contributed by atoms with E-state index in [1.165, 1.54) is 77.0 Å². The van der Waals surface area contributed by atoms with E-state index >= 15 is 0 Å². The molecule has 1 heterocycles. The largest absolute Gasteiger partial charge is 0.353 e. The Morgan fingerprint density at radius 1 is 0.771 bits per heavy atom. The molecule has 2 rings (SSSR count). The molecular weight excluding hydrogens is 458 g/mol. The van der Waals surface area contributed by atoms with Gasteiger partial charge in [-0.3, -0.25) is 0 Å². The number of benzene rings is 1. The van der Waals surface area contributed by atoms with E-state index in [-0.39, 0.29) is 5.75 Å². The van der Waals surface area contributed by atoms with Crippen molar-refractivity contribution in [3.8, 4) is 0 Å². The van der Waals surface area contributed by atoms with Gasteiger partial charge in [0.2, 0.25) is 10.0 Å². The number of unbranched alkanes of at least 4 members (excludes halogenated alkanes) is 13. The third-order valence-electron chi connectivity index (χ3n) is 6.86. The Bertz CT molecular complexity index is 719. The zero-order valence-electron chi connectivity index (χ0n) is 22.3. The molecule has 0 unspecified atom stereocenters. The summed E-state index contributed by atoms with van der Waals surface area (Å²) >= 11 is 0. The van der Waals surface area contributed by atoms with Crippen LogP contribution in [-0.4, -0.2) is 44.5 Å². The van der Waals surface area contributed by atoms with E-state index in [1.807, 2.05) is 30.3 Å². The topological polar surface area (TPSA) is 55.8 Å². The molecule has 0 aliphatic carbocycles. The van der Waals surface area contributed by atoms with Gasteiger partial charge in [-0.25, -0.2) is 8.42 Å². The summed E-state index contributed by atoms with van der Waals surface area (Å²) in [5.74, 6) is 0.0725. The van der Waals surface area contributed by atoms with E-state index in [0.717, 1.165) is 24.8 Å². The van der Waals surface area contributed by atoms with Crippen LogP contribution in [0.1, 0.15) is 115 Å². The van der Waals surface area contributed by atoms with E-state index in [4.69, 9.17) is 9.47 Å². The van der Waals surface area contributed by atoms with E-state index in [0.29, 0.717) is 32.7 Å². The van der Waals surface area contributed by atoms with Crippen LogP contribution in [-0.2, 0) is 26.0 Å². The zero-order valence-corrected chi connectivity index (χ0v) is 23.1. The molecule has 0 amide bonds. The Morgan fingerprint density at radius 2 is 1.29 bits per heavy atom. The van der Waals surface area contributed by atoms with Crippen LogP contribution >= 0.6 is 0 Å². The SMILES string of the molecule is CCCCCCCCCCCCCCCCN(Cc1ccccc1)S(=O)(=O)CCC1OCCCO1. The molecule has 1 aliphatic rings. The highest BCUT2D eigenvalue weighted by Crippen LogP contribution is 2.17. The van der Waals surface area contributed by atoms with Gasteiger partial charge in [0.1, 0.15) is 0 Å². The first kappa shape index (κ1) is 30.3. The summed E-state index contributed by atoms with van der Waals surface area (Å²) < 4.78 is 39.1. The highest BCUT2D eigenvalue weighted by Gasteiger charge is 2.25. The number of hydrogen-bond donors (Lipinski definition) is 0. The molecule has 0 bridgehead atoms. The number of ether oxygens (including phenoxy) is 2. The molecule has 0 aromatic heterocycles. The van der Waals surface area contributed by atoms with Gasteiger partial charge in [0.25, 0.3) is 0 Å². The molecule has 1 aliphatic heterocycles. The summed E-state index contributed by atoms with van der Waals surface area (Å²) in [6.07, 6.45) is 19.1. The highest BCUT2D eigenvalue weighted by atomic mass is 32.2. The van der Waals surface area contributed by atoms with Crippen molar-refractivity contribution < 1.29 is 17.9 Å². The third-order valence-corrected chi connectivity index (χ3v) is 8.71. The van der Waals surface area contributed by atoms with Crippen LogP contribution in [0.25, 0.3) is 0 Å². The molecule has 5 nitrogen and oxygen atoms in total. The van der Waals surface area contributed by atoms with Gasteiger partial charge in [-0.1, -0.05) is 121 Å². The van der Waals surface area contributed by atoms with Crippen molar-refractivity contribution in [2.75, 3.05) is 25.5 Å². The van der Waals surface area contributed by atoms with Crippen LogP contribution in [0.4, 0.5) is 0 Å². The first-order chi connectivity index (χ1) is 17.1. The predicted octanol–water partition coefficient (Wildman–Crippen LogP) is 7.45. The second kappa shape index (κ2) is 19.2. The summed E-state index contributed by atoms with van der Waals surface area (Å²) in [4.78, 5) is 0. The zero-order chi connectivity index (χ0) is 25.0. The normalized spacial score (nSPS) is 15.1. The van der Waals surface area contributed by atoms with Crippen molar-refractivity contribution in [2.24, 2.45) is 0 Å². The van der Waals surface area contributed by atoms with E-state index in [9.17, 15) is 8.42 Å². The van der Waals surface area contributed by atoms with E-state index in [1.54, 1.807) is 4.31 Å². The van der Waals surface area contributed by atoms with Gasteiger partial charge in [-0.05, 0) is 18.4 Å². The van der Waals surface area contributed by atoms with Gasteiger partial charge in [0, 0.05) is 19.5 Å². The molecule has 6 heteroatoms. The quantitative estimate of drug-likeness (QED) is 0.161. The summed E-state index contributed by atoms with van der Waals surface area (Å²) in [5.41, 5.74) is 1.03. The predicted molar refractivity (Wildman–Crippen MR) is 146 cm³/mol. The van der Waals surface area contributed by atoms with Crippen molar-refractivity contribution in [3.63, 3.8) is 0 Å². The fourth-order valence-electron chi connectivity index (χ4n) is 4.66. The lowest BCUT2D eigenvalue weighted by Gasteiger charge is -2.26. The van der Waals surface area contributed by atoms with Crippen molar-refractivity contribution >= 4 is 10.0 Å². The fourth-order valence-corrected chi connectivity index (χ4v) is 6.17. The first-order valence-electron chi connectivity index (χ1n) is 14.4. The van der Waals surface area contributed by atoms with Crippen molar-refractivity contribution in [1.29, 1.82) is 0 Å². The van der Waals surface area contributed by atoms with Crippen LogP contribution in [0.15, 0.2) is 30.3 Å². The Kier molecular flexibility index (Phi) is 16.6. The van der Waals surface area contributed by atoms with Gasteiger partial charge >= 0.3 is 0 Å². The second-order valence-corrected chi connectivity index (χ2v) is 12.1. The van der Waals surface area contributed by atoms with Gasteiger partial charge in [-0.15, -0.1) is 0 Å². The average molecular weight is 510 g/mol. The summed E-state index contributed by atoms with van der Waals surface area (Å²) in [7, 11) is -3.36. The number of hydrogen-bond acceptors (Lipinski definition) is 4. The maximum atomic E-state index is 13.2. The monoisotopic (exact) mass is 509 g/mol. The molecule has 0 radical (unpaired) electrons. The van der Waals surface area contributed by atoms with Crippen LogP contribution in [0.3, 0.4) is 0 Å². The van der Waals surface area contributed by atoms with Crippen LogP contribution in [0, 0.1) is 0 Å². The smallest absolute Gasteiger partial charge is 0.214 e. The molecule has 1 saturated heterocycles. The molecule has 202 valence electrons. The first-order valence-corrected chi connectivity index (χ1v) is 16.0. The molecule has 0 spiro atoms. The Morgan fingerprint density at radius 3 is 1.83 bits per heavy atom. The molecular formula is C29H51NO4S. The van der Waals surface area contributed by atoms with Gasteiger partial charge in [0.05, 0.1) is 19.0 Å². The summed E-state index contributed by atoms with van der Waals surface area (Å²) in [6.45, 7) is 4.60. The molecule has 35 heavy (non-hydrogen) atoms. The minimum Gasteiger partial charge on any atom is -0.353 e. The van der Waals surface area contributed by atoms with Crippen LogP contribution in [0.2, 0.25) is 0 Å². The van der Waals surface area contributed by atoms with E-state index in [2.05, 4.69) is 6.92 Å². The lowest BCUT2D eigenvalue weighted by molar-refractivity contribution is -0.178.